The molecule has 22 heavy (non-hydrogen) atoms. The van der Waals surface area contributed by atoms with E-state index in [-0.39, 0.29) is 6.09 Å². The van der Waals surface area contributed by atoms with Gasteiger partial charge in [-0.3, -0.25) is 4.99 Å². The molecular formula is C17H21N3O2. The fraction of sp³-hybridized carbons (Fsp3) is 0.412. The molecule has 2 N–H and O–H groups in total. The molecular weight excluding hydrogens is 278 g/mol. The second kappa shape index (κ2) is 6.64. The summed E-state index contributed by atoms with van der Waals surface area (Å²) in [5.41, 5.74) is 8.70. The number of carbonyl (C=O) groups excluding carboxylic acids is 1. The zero-order valence-electron chi connectivity index (χ0n) is 12.6. The molecule has 0 spiro atoms. The van der Waals surface area contributed by atoms with Crippen LogP contribution in [0.1, 0.15) is 18.4 Å². The third-order valence-corrected chi connectivity index (χ3v) is 4.15. The Labute approximate surface area is 130 Å². The van der Waals surface area contributed by atoms with Gasteiger partial charge >= 0.3 is 6.09 Å². The van der Waals surface area contributed by atoms with Gasteiger partial charge in [-0.05, 0) is 24.5 Å². The van der Waals surface area contributed by atoms with Gasteiger partial charge in [-0.1, -0.05) is 30.3 Å². The zero-order chi connectivity index (χ0) is 15.4. The van der Waals surface area contributed by atoms with Crippen LogP contribution in [0.2, 0.25) is 0 Å². The summed E-state index contributed by atoms with van der Waals surface area (Å²) in [5.74, 6) is 0.416. The second-order valence-electron chi connectivity index (χ2n) is 5.76. The Morgan fingerprint density at radius 3 is 2.64 bits per heavy atom. The van der Waals surface area contributed by atoms with Crippen molar-refractivity contribution in [1.82, 2.24) is 4.90 Å². The Kier molecular flexibility index (Phi) is 4.42. The molecule has 116 valence electrons. The van der Waals surface area contributed by atoms with E-state index in [9.17, 15) is 4.79 Å². The molecule has 0 aliphatic carbocycles. The van der Waals surface area contributed by atoms with Gasteiger partial charge in [-0.25, -0.2) is 4.79 Å². The van der Waals surface area contributed by atoms with Crippen molar-refractivity contribution >= 4 is 11.8 Å². The van der Waals surface area contributed by atoms with Crippen molar-refractivity contribution in [2.45, 2.75) is 19.4 Å². The SMILES string of the molecule is NC1=CC(C2CCN(C(=O)OCc3ccccc3)CC2)=NC1. The monoisotopic (exact) mass is 299 g/mol. The van der Waals surface area contributed by atoms with Crippen LogP contribution < -0.4 is 5.73 Å². The number of ether oxygens (including phenoxy) is 1. The molecule has 2 aliphatic heterocycles. The van der Waals surface area contributed by atoms with Crippen molar-refractivity contribution in [3.8, 4) is 0 Å². The molecule has 1 aromatic carbocycles. The molecule has 0 unspecified atom stereocenters. The average Bonchev–Trinajstić information content (AvgIpc) is 3.00. The summed E-state index contributed by atoms with van der Waals surface area (Å²) in [5, 5.41) is 0. The maximum Gasteiger partial charge on any atom is 0.410 e. The zero-order valence-corrected chi connectivity index (χ0v) is 12.6. The fourth-order valence-corrected chi connectivity index (χ4v) is 2.88. The minimum absolute atomic E-state index is 0.231. The number of amides is 1. The number of rotatable bonds is 3. The van der Waals surface area contributed by atoms with Crippen LogP contribution in [0.5, 0.6) is 0 Å². The number of allylic oxidation sites excluding steroid dienone is 1. The maximum atomic E-state index is 12.1. The van der Waals surface area contributed by atoms with E-state index in [1.165, 1.54) is 0 Å². The topological polar surface area (TPSA) is 67.9 Å². The average molecular weight is 299 g/mol. The number of hydrogen-bond acceptors (Lipinski definition) is 4. The first-order valence-corrected chi connectivity index (χ1v) is 7.68. The lowest BCUT2D eigenvalue weighted by Gasteiger charge is -2.31. The Hall–Kier alpha value is -2.30. The third kappa shape index (κ3) is 3.47. The number of carbonyl (C=O) groups is 1. The van der Waals surface area contributed by atoms with Crippen molar-refractivity contribution < 1.29 is 9.53 Å². The minimum atomic E-state index is -0.231. The smallest absolute Gasteiger partial charge is 0.410 e. The van der Waals surface area contributed by atoms with Crippen LogP contribution in [0.3, 0.4) is 0 Å². The number of piperidine rings is 1. The Bertz CT molecular complexity index is 587. The van der Waals surface area contributed by atoms with Crippen molar-refractivity contribution in [1.29, 1.82) is 0 Å². The van der Waals surface area contributed by atoms with E-state index in [1.54, 1.807) is 4.90 Å². The van der Waals surface area contributed by atoms with Crippen molar-refractivity contribution in [3.05, 3.63) is 47.7 Å². The van der Waals surface area contributed by atoms with Crippen molar-refractivity contribution in [3.63, 3.8) is 0 Å². The highest BCUT2D eigenvalue weighted by Crippen LogP contribution is 2.22. The first-order chi connectivity index (χ1) is 10.7. The van der Waals surface area contributed by atoms with E-state index in [0.29, 0.717) is 32.2 Å². The van der Waals surface area contributed by atoms with Crippen molar-refractivity contribution in [2.75, 3.05) is 19.6 Å². The largest absolute Gasteiger partial charge is 0.445 e. The lowest BCUT2D eigenvalue weighted by Crippen LogP contribution is -2.40. The second-order valence-corrected chi connectivity index (χ2v) is 5.76. The van der Waals surface area contributed by atoms with Crippen molar-refractivity contribution in [2.24, 2.45) is 16.6 Å². The molecule has 0 atom stereocenters. The van der Waals surface area contributed by atoms with Crippen LogP contribution in [0.4, 0.5) is 4.79 Å². The molecule has 1 amide bonds. The normalized spacial score (nSPS) is 18.8. The van der Waals surface area contributed by atoms with E-state index >= 15 is 0 Å². The molecule has 3 rings (SSSR count). The van der Waals surface area contributed by atoms with E-state index in [0.717, 1.165) is 29.8 Å². The maximum absolute atomic E-state index is 12.1. The first kappa shape index (κ1) is 14.6. The quantitative estimate of drug-likeness (QED) is 0.931. The number of nitrogens with zero attached hydrogens (tertiary/aromatic N) is 2. The van der Waals surface area contributed by atoms with E-state index < -0.39 is 0 Å². The molecule has 0 saturated carbocycles. The number of likely N-dealkylation sites (tertiary alicyclic amines) is 1. The standard InChI is InChI=1S/C17H21N3O2/c18-15-10-16(19-11-15)14-6-8-20(9-7-14)17(21)22-12-13-4-2-1-3-5-13/h1-5,10,14H,6-9,11-12,18H2. The Balaban J connectivity index is 1.46. The lowest BCUT2D eigenvalue weighted by molar-refractivity contribution is 0.0865. The van der Waals surface area contributed by atoms with Crippen LogP contribution in [0.25, 0.3) is 0 Å². The number of nitrogens with two attached hydrogens (primary N) is 1. The Morgan fingerprint density at radius 2 is 2.00 bits per heavy atom. The first-order valence-electron chi connectivity index (χ1n) is 7.68. The molecule has 1 fully saturated rings. The predicted molar refractivity (Wildman–Crippen MR) is 85.5 cm³/mol. The summed E-state index contributed by atoms with van der Waals surface area (Å²) in [6.45, 7) is 2.37. The fourth-order valence-electron chi connectivity index (χ4n) is 2.88. The highest BCUT2D eigenvalue weighted by Gasteiger charge is 2.27. The van der Waals surface area contributed by atoms with Gasteiger partial charge in [0.25, 0.3) is 0 Å². The number of aliphatic imine (C=N–C) groups is 1. The number of hydrogen-bond donors (Lipinski definition) is 1. The Morgan fingerprint density at radius 1 is 1.27 bits per heavy atom. The van der Waals surface area contributed by atoms with Gasteiger partial charge in [0, 0.05) is 30.4 Å². The molecule has 0 bridgehead atoms. The van der Waals surface area contributed by atoms with Gasteiger partial charge in [0.15, 0.2) is 0 Å². The summed E-state index contributed by atoms with van der Waals surface area (Å²) in [6, 6.07) is 9.73. The summed E-state index contributed by atoms with van der Waals surface area (Å²) in [6.07, 6.45) is 3.59. The summed E-state index contributed by atoms with van der Waals surface area (Å²) >= 11 is 0. The summed E-state index contributed by atoms with van der Waals surface area (Å²) in [4.78, 5) is 18.3. The van der Waals surface area contributed by atoms with Gasteiger partial charge in [-0.15, -0.1) is 0 Å². The molecule has 0 aromatic heterocycles. The predicted octanol–water partition coefficient (Wildman–Crippen LogP) is 2.33. The number of benzene rings is 1. The molecule has 2 aliphatic rings. The van der Waals surface area contributed by atoms with Gasteiger partial charge < -0.3 is 15.4 Å². The van der Waals surface area contributed by atoms with E-state index in [4.69, 9.17) is 10.5 Å². The molecule has 1 aromatic rings. The van der Waals surface area contributed by atoms with E-state index in [1.807, 2.05) is 36.4 Å². The molecule has 5 heteroatoms. The van der Waals surface area contributed by atoms with Crippen LogP contribution in [0, 0.1) is 5.92 Å². The highest BCUT2D eigenvalue weighted by atomic mass is 16.6. The van der Waals surface area contributed by atoms with Gasteiger partial charge in [0.1, 0.15) is 6.61 Å². The molecule has 1 saturated heterocycles. The third-order valence-electron chi connectivity index (χ3n) is 4.15. The summed E-state index contributed by atoms with van der Waals surface area (Å²) in [7, 11) is 0. The van der Waals surface area contributed by atoms with Gasteiger partial charge in [0.2, 0.25) is 0 Å². The van der Waals surface area contributed by atoms with Gasteiger partial charge in [0.05, 0.1) is 6.54 Å². The van der Waals surface area contributed by atoms with Crippen LogP contribution in [0.15, 0.2) is 47.1 Å². The molecule has 0 radical (unpaired) electrons. The van der Waals surface area contributed by atoms with Crippen LogP contribution in [-0.2, 0) is 11.3 Å². The van der Waals surface area contributed by atoms with Crippen LogP contribution >= 0.6 is 0 Å². The minimum Gasteiger partial charge on any atom is -0.445 e. The van der Waals surface area contributed by atoms with Crippen LogP contribution in [-0.4, -0.2) is 36.3 Å². The summed E-state index contributed by atoms with van der Waals surface area (Å²) < 4.78 is 5.37. The molecule has 2 heterocycles. The lowest BCUT2D eigenvalue weighted by atomic mass is 9.92. The van der Waals surface area contributed by atoms with E-state index in [2.05, 4.69) is 4.99 Å². The highest BCUT2D eigenvalue weighted by molar-refractivity contribution is 5.99. The van der Waals surface area contributed by atoms with Gasteiger partial charge in [-0.2, -0.15) is 0 Å². The molecule has 5 nitrogen and oxygen atoms in total.